The second kappa shape index (κ2) is 5.98. The van der Waals surface area contributed by atoms with Crippen molar-refractivity contribution in [2.45, 2.75) is 19.4 Å². The molecule has 0 aliphatic carbocycles. The Kier molecular flexibility index (Phi) is 4.90. The zero-order valence-electron chi connectivity index (χ0n) is 10.5. The average molecular weight is 260 g/mol. The van der Waals surface area contributed by atoms with Gasteiger partial charge in [0.15, 0.2) is 11.5 Å². The number of halogens is 1. The second-order valence-corrected chi connectivity index (χ2v) is 3.97. The van der Waals surface area contributed by atoms with Crippen LogP contribution in [0, 0.1) is 0 Å². The number of nitrogens with two attached hydrogens (primary N) is 1. The van der Waals surface area contributed by atoms with E-state index in [2.05, 4.69) is 0 Å². The molecular formula is C12H18ClNO3. The van der Waals surface area contributed by atoms with Crippen molar-refractivity contribution in [1.82, 2.24) is 0 Å². The van der Waals surface area contributed by atoms with Gasteiger partial charge in [0, 0.05) is 11.6 Å². The highest BCUT2D eigenvalue weighted by Crippen LogP contribution is 2.46. The number of ether oxygens (including phenoxy) is 3. The van der Waals surface area contributed by atoms with Crippen molar-refractivity contribution in [1.29, 1.82) is 0 Å². The first-order chi connectivity index (χ1) is 8.10. The molecule has 0 aromatic heterocycles. The molecule has 0 aliphatic heterocycles. The molecule has 0 saturated heterocycles. The van der Waals surface area contributed by atoms with Crippen LogP contribution in [0.2, 0.25) is 5.02 Å². The summed E-state index contributed by atoms with van der Waals surface area (Å²) in [5.74, 6) is 1.50. The maximum Gasteiger partial charge on any atom is 0.205 e. The van der Waals surface area contributed by atoms with Gasteiger partial charge in [0.2, 0.25) is 5.75 Å². The van der Waals surface area contributed by atoms with Gasteiger partial charge in [0.25, 0.3) is 0 Å². The molecule has 0 amide bonds. The first-order valence-corrected chi connectivity index (χ1v) is 5.72. The molecule has 1 atom stereocenters. The predicted octanol–water partition coefficient (Wildman–Crippen LogP) is 2.78. The number of methoxy groups -OCH3 is 3. The van der Waals surface area contributed by atoms with E-state index in [4.69, 9.17) is 31.5 Å². The van der Waals surface area contributed by atoms with Crippen LogP contribution in [0.1, 0.15) is 24.9 Å². The molecular weight excluding hydrogens is 242 g/mol. The van der Waals surface area contributed by atoms with Crippen LogP contribution in [0.25, 0.3) is 0 Å². The van der Waals surface area contributed by atoms with Gasteiger partial charge in [0.05, 0.1) is 26.4 Å². The standard InChI is InChI=1S/C12H18ClNO3/c1-5-9(14)7-6-8(13)11(16-3)12(17-4)10(7)15-2/h6,9H,5,14H2,1-4H3. The van der Waals surface area contributed by atoms with Gasteiger partial charge in [-0.1, -0.05) is 18.5 Å². The van der Waals surface area contributed by atoms with Crippen LogP contribution in [0.15, 0.2) is 6.07 Å². The van der Waals surface area contributed by atoms with E-state index in [9.17, 15) is 0 Å². The monoisotopic (exact) mass is 259 g/mol. The van der Waals surface area contributed by atoms with Gasteiger partial charge in [-0.3, -0.25) is 0 Å². The largest absolute Gasteiger partial charge is 0.492 e. The second-order valence-electron chi connectivity index (χ2n) is 3.56. The Balaban J connectivity index is 3.47. The highest BCUT2D eigenvalue weighted by Gasteiger charge is 2.22. The average Bonchev–Trinajstić information content (AvgIpc) is 2.36. The minimum Gasteiger partial charge on any atom is -0.492 e. The molecule has 0 aliphatic rings. The molecule has 0 spiro atoms. The smallest absolute Gasteiger partial charge is 0.205 e. The van der Waals surface area contributed by atoms with E-state index in [1.807, 2.05) is 6.92 Å². The van der Waals surface area contributed by atoms with Crippen LogP contribution in [-0.4, -0.2) is 21.3 Å². The van der Waals surface area contributed by atoms with Crippen LogP contribution < -0.4 is 19.9 Å². The first kappa shape index (κ1) is 13.9. The van der Waals surface area contributed by atoms with Gasteiger partial charge >= 0.3 is 0 Å². The topological polar surface area (TPSA) is 53.7 Å². The molecule has 1 aromatic carbocycles. The quantitative estimate of drug-likeness (QED) is 0.883. The Morgan fingerprint density at radius 1 is 1.12 bits per heavy atom. The molecule has 17 heavy (non-hydrogen) atoms. The fourth-order valence-electron chi connectivity index (χ4n) is 1.69. The van der Waals surface area contributed by atoms with Crippen molar-refractivity contribution in [2.24, 2.45) is 5.73 Å². The predicted molar refractivity (Wildman–Crippen MR) is 68.3 cm³/mol. The van der Waals surface area contributed by atoms with Crippen molar-refractivity contribution in [2.75, 3.05) is 21.3 Å². The molecule has 96 valence electrons. The summed E-state index contributed by atoms with van der Waals surface area (Å²) < 4.78 is 15.8. The summed E-state index contributed by atoms with van der Waals surface area (Å²) >= 11 is 6.13. The lowest BCUT2D eigenvalue weighted by Gasteiger charge is -2.19. The summed E-state index contributed by atoms with van der Waals surface area (Å²) in [4.78, 5) is 0. The third kappa shape index (κ3) is 2.58. The van der Waals surface area contributed by atoms with Gasteiger partial charge in [-0.05, 0) is 12.5 Å². The zero-order valence-corrected chi connectivity index (χ0v) is 11.3. The third-order valence-corrected chi connectivity index (χ3v) is 2.91. The SMILES string of the molecule is CCC(N)c1cc(Cl)c(OC)c(OC)c1OC. The maximum absolute atomic E-state index is 6.13. The van der Waals surface area contributed by atoms with Crippen molar-refractivity contribution in [3.63, 3.8) is 0 Å². The van der Waals surface area contributed by atoms with Crippen LogP contribution in [-0.2, 0) is 0 Å². The molecule has 4 nitrogen and oxygen atoms in total. The molecule has 0 heterocycles. The van der Waals surface area contributed by atoms with E-state index in [1.165, 1.54) is 14.2 Å². The lowest BCUT2D eigenvalue weighted by Crippen LogP contribution is -2.11. The van der Waals surface area contributed by atoms with Crippen LogP contribution in [0.5, 0.6) is 17.2 Å². The summed E-state index contributed by atoms with van der Waals surface area (Å²) in [5.41, 5.74) is 6.84. The molecule has 2 N–H and O–H groups in total. The van der Waals surface area contributed by atoms with E-state index in [0.29, 0.717) is 22.3 Å². The van der Waals surface area contributed by atoms with Crippen LogP contribution >= 0.6 is 11.6 Å². The molecule has 0 radical (unpaired) electrons. The summed E-state index contributed by atoms with van der Waals surface area (Å²) in [6, 6.07) is 1.61. The van der Waals surface area contributed by atoms with Gasteiger partial charge in [-0.2, -0.15) is 0 Å². The molecule has 1 aromatic rings. The third-order valence-electron chi connectivity index (χ3n) is 2.63. The summed E-state index contributed by atoms with van der Waals surface area (Å²) in [7, 11) is 4.64. The molecule has 1 rings (SSSR count). The van der Waals surface area contributed by atoms with E-state index in [1.54, 1.807) is 13.2 Å². The maximum atomic E-state index is 6.13. The minimum atomic E-state index is -0.151. The number of hydrogen-bond donors (Lipinski definition) is 1. The van der Waals surface area contributed by atoms with E-state index >= 15 is 0 Å². The fourth-order valence-corrected chi connectivity index (χ4v) is 1.97. The van der Waals surface area contributed by atoms with Crippen molar-refractivity contribution >= 4 is 11.6 Å². The molecule has 5 heteroatoms. The Hall–Kier alpha value is -1.13. The molecule has 1 unspecified atom stereocenters. The van der Waals surface area contributed by atoms with Crippen molar-refractivity contribution < 1.29 is 14.2 Å². The van der Waals surface area contributed by atoms with Gasteiger partial charge < -0.3 is 19.9 Å². The van der Waals surface area contributed by atoms with Gasteiger partial charge in [0.1, 0.15) is 0 Å². The Morgan fingerprint density at radius 2 is 1.65 bits per heavy atom. The molecule has 0 saturated carbocycles. The summed E-state index contributed by atoms with van der Waals surface area (Å²) in [6.07, 6.45) is 0.780. The summed E-state index contributed by atoms with van der Waals surface area (Å²) in [6.45, 7) is 1.99. The van der Waals surface area contributed by atoms with E-state index in [0.717, 1.165) is 12.0 Å². The van der Waals surface area contributed by atoms with Gasteiger partial charge in [-0.25, -0.2) is 0 Å². The fraction of sp³-hybridized carbons (Fsp3) is 0.500. The van der Waals surface area contributed by atoms with Crippen molar-refractivity contribution in [3.8, 4) is 17.2 Å². The van der Waals surface area contributed by atoms with Crippen LogP contribution in [0.3, 0.4) is 0 Å². The number of rotatable bonds is 5. The lowest BCUT2D eigenvalue weighted by atomic mass is 10.0. The number of benzene rings is 1. The van der Waals surface area contributed by atoms with Crippen molar-refractivity contribution in [3.05, 3.63) is 16.7 Å². The highest BCUT2D eigenvalue weighted by atomic mass is 35.5. The molecule has 0 fully saturated rings. The Bertz CT molecular complexity index is 396. The normalized spacial score (nSPS) is 12.1. The Labute approximate surface area is 107 Å². The van der Waals surface area contributed by atoms with Crippen LogP contribution in [0.4, 0.5) is 0 Å². The minimum absolute atomic E-state index is 0.151. The first-order valence-electron chi connectivity index (χ1n) is 5.34. The Morgan fingerprint density at radius 3 is 2.06 bits per heavy atom. The van der Waals surface area contributed by atoms with Gasteiger partial charge in [-0.15, -0.1) is 0 Å². The number of hydrogen-bond acceptors (Lipinski definition) is 4. The van der Waals surface area contributed by atoms with E-state index < -0.39 is 0 Å². The molecule has 0 bridgehead atoms. The van der Waals surface area contributed by atoms with E-state index in [-0.39, 0.29) is 6.04 Å². The highest BCUT2D eigenvalue weighted by molar-refractivity contribution is 6.32. The summed E-state index contributed by atoms with van der Waals surface area (Å²) in [5, 5.41) is 0.462. The lowest BCUT2D eigenvalue weighted by molar-refractivity contribution is 0.320. The zero-order chi connectivity index (χ0) is 13.0.